The van der Waals surface area contributed by atoms with Gasteiger partial charge >= 0.3 is 17.3 Å². The van der Waals surface area contributed by atoms with Crippen LogP contribution in [0.3, 0.4) is 0 Å². The minimum Gasteiger partial charge on any atom is -0.478 e. The van der Waals surface area contributed by atoms with Crippen molar-refractivity contribution < 1.29 is 9.90 Å². The highest BCUT2D eigenvalue weighted by molar-refractivity contribution is 6.30. The average Bonchev–Trinajstić information content (AvgIpc) is 2.84. The first-order valence-electron chi connectivity index (χ1n) is 10.6. The number of aromatic amines is 1. The molecule has 0 aliphatic rings. The van der Waals surface area contributed by atoms with Crippen molar-refractivity contribution in [3.05, 3.63) is 120 Å². The zero-order valence-corrected chi connectivity index (χ0v) is 19.3. The highest BCUT2D eigenvalue weighted by Crippen LogP contribution is 2.15. The van der Waals surface area contributed by atoms with Crippen LogP contribution in [0.2, 0.25) is 5.02 Å². The first-order valence-corrected chi connectivity index (χ1v) is 10.9. The normalized spacial score (nSPS) is 11.5. The Hall–Kier alpha value is -4.44. The number of benzene rings is 2. The van der Waals surface area contributed by atoms with Crippen LogP contribution < -0.4 is 22.6 Å². The number of aromatic carboxylic acids is 1. The monoisotopic (exact) mass is 493 g/mol. The second-order valence-corrected chi connectivity index (χ2v) is 7.99. The molecule has 0 unspecified atom stereocenters. The highest BCUT2D eigenvalue weighted by atomic mass is 35.5. The van der Waals surface area contributed by atoms with Crippen molar-refractivity contribution >= 4 is 23.3 Å². The van der Waals surface area contributed by atoms with Crippen molar-refractivity contribution in [1.29, 1.82) is 0 Å². The molecule has 0 saturated carbocycles. The van der Waals surface area contributed by atoms with Crippen LogP contribution in [0.5, 0.6) is 0 Å². The van der Waals surface area contributed by atoms with Crippen molar-refractivity contribution in [2.75, 3.05) is 0 Å². The second kappa shape index (κ2) is 9.82. The third-order valence-electron chi connectivity index (χ3n) is 5.27. The molecular formula is C24H20ClN5O5. The number of nitrogens with one attached hydrogen (secondary N) is 1. The van der Waals surface area contributed by atoms with Gasteiger partial charge < -0.3 is 5.11 Å². The fourth-order valence-corrected chi connectivity index (χ4v) is 3.59. The van der Waals surface area contributed by atoms with Crippen LogP contribution >= 0.6 is 11.6 Å². The van der Waals surface area contributed by atoms with Gasteiger partial charge in [0.25, 0.3) is 5.56 Å². The summed E-state index contributed by atoms with van der Waals surface area (Å²) in [7, 11) is 0. The fourth-order valence-electron chi connectivity index (χ4n) is 3.46. The van der Waals surface area contributed by atoms with E-state index in [1.807, 2.05) is 0 Å². The van der Waals surface area contributed by atoms with E-state index < -0.39 is 22.9 Å². The second-order valence-electron chi connectivity index (χ2n) is 7.55. The predicted molar refractivity (Wildman–Crippen MR) is 130 cm³/mol. The van der Waals surface area contributed by atoms with Gasteiger partial charge in [0.05, 0.1) is 17.8 Å². The average molecular weight is 494 g/mol. The van der Waals surface area contributed by atoms with Crippen molar-refractivity contribution in [2.24, 2.45) is 4.99 Å². The number of H-pyrrole nitrogens is 1. The molecule has 0 amide bonds. The maximum atomic E-state index is 13.0. The third kappa shape index (κ3) is 5.07. The summed E-state index contributed by atoms with van der Waals surface area (Å²) in [4.78, 5) is 56.0. The van der Waals surface area contributed by atoms with Crippen molar-refractivity contribution in [1.82, 2.24) is 18.7 Å². The quantitative estimate of drug-likeness (QED) is 0.425. The zero-order valence-electron chi connectivity index (χ0n) is 18.5. The van der Waals surface area contributed by atoms with Gasteiger partial charge in [-0.15, -0.1) is 0 Å². The molecule has 35 heavy (non-hydrogen) atoms. The van der Waals surface area contributed by atoms with Crippen LogP contribution in [0.25, 0.3) is 5.69 Å². The lowest BCUT2D eigenvalue weighted by Crippen LogP contribution is -2.49. The van der Waals surface area contributed by atoms with Gasteiger partial charge in [-0.25, -0.2) is 23.9 Å². The molecule has 2 N–H and O–H groups in total. The Bertz CT molecular complexity index is 1640. The number of pyridine rings is 1. The minimum atomic E-state index is -1.15. The van der Waals surface area contributed by atoms with E-state index in [1.54, 1.807) is 55.5 Å². The molecule has 178 valence electrons. The van der Waals surface area contributed by atoms with E-state index in [0.29, 0.717) is 16.4 Å². The molecule has 0 aliphatic carbocycles. The van der Waals surface area contributed by atoms with Crippen LogP contribution in [0.4, 0.5) is 5.69 Å². The maximum absolute atomic E-state index is 13.0. The molecule has 2 heterocycles. The van der Waals surface area contributed by atoms with Gasteiger partial charge in [-0.3, -0.25) is 18.9 Å². The standard InChI is InChI=1S/C24H20ClN5O5/c1-2-28-23(34)27-22(30(24(28)35)13-15-3-6-17(25)7-4-15)26-18-8-10-19(11-9-18)29-14-16(21(32)33)5-12-20(29)31/h3-12,14H,2,13H2,1H3,(H,32,33)(H,26,27,34). The van der Waals surface area contributed by atoms with E-state index in [4.69, 9.17) is 11.6 Å². The van der Waals surface area contributed by atoms with E-state index in [0.717, 1.165) is 10.1 Å². The summed E-state index contributed by atoms with van der Waals surface area (Å²) >= 11 is 5.95. The van der Waals surface area contributed by atoms with Crippen LogP contribution in [-0.4, -0.2) is 29.8 Å². The first-order chi connectivity index (χ1) is 16.8. The molecule has 0 saturated heterocycles. The summed E-state index contributed by atoms with van der Waals surface area (Å²) < 4.78 is 3.63. The Morgan fingerprint density at radius 1 is 0.971 bits per heavy atom. The first kappa shape index (κ1) is 23.7. The Kier molecular flexibility index (Phi) is 6.65. The van der Waals surface area contributed by atoms with Crippen LogP contribution in [0.1, 0.15) is 22.8 Å². The number of carbonyl (C=O) groups is 1. The highest BCUT2D eigenvalue weighted by Gasteiger charge is 2.10. The lowest BCUT2D eigenvalue weighted by Gasteiger charge is -2.10. The van der Waals surface area contributed by atoms with Crippen LogP contribution in [0, 0.1) is 0 Å². The lowest BCUT2D eigenvalue weighted by atomic mass is 10.2. The number of hydrogen-bond donors (Lipinski definition) is 2. The zero-order chi connectivity index (χ0) is 25.1. The molecule has 4 aromatic rings. The van der Waals surface area contributed by atoms with Gasteiger partial charge in [-0.1, -0.05) is 23.7 Å². The van der Waals surface area contributed by atoms with E-state index >= 15 is 0 Å². The Labute approximate surface area is 202 Å². The van der Waals surface area contributed by atoms with Crippen LogP contribution in [-0.2, 0) is 13.1 Å². The fraction of sp³-hybridized carbons (Fsp3) is 0.125. The van der Waals surface area contributed by atoms with Gasteiger partial charge in [-0.2, -0.15) is 0 Å². The molecule has 0 atom stereocenters. The number of rotatable bonds is 6. The Balaban J connectivity index is 1.79. The van der Waals surface area contributed by atoms with Gasteiger partial charge in [0, 0.05) is 29.5 Å². The summed E-state index contributed by atoms with van der Waals surface area (Å²) in [5, 5.41) is 9.75. The van der Waals surface area contributed by atoms with Crippen LogP contribution in [0.15, 0.2) is 86.2 Å². The number of halogens is 1. The molecule has 10 nitrogen and oxygen atoms in total. The van der Waals surface area contributed by atoms with Gasteiger partial charge in [-0.05, 0) is 55.0 Å². The molecule has 0 bridgehead atoms. The van der Waals surface area contributed by atoms with Gasteiger partial charge in [0.15, 0.2) is 0 Å². The molecule has 0 radical (unpaired) electrons. The van der Waals surface area contributed by atoms with Gasteiger partial charge in [0.2, 0.25) is 5.62 Å². The molecule has 0 fully saturated rings. The van der Waals surface area contributed by atoms with E-state index in [-0.39, 0.29) is 24.3 Å². The summed E-state index contributed by atoms with van der Waals surface area (Å²) in [6.07, 6.45) is 1.23. The summed E-state index contributed by atoms with van der Waals surface area (Å²) in [5.74, 6) is -1.15. The molecule has 0 spiro atoms. The van der Waals surface area contributed by atoms with E-state index in [9.17, 15) is 24.3 Å². The summed E-state index contributed by atoms with van der Waals surface area (Å²) in [6, 6.07) is 15.7. The number of aromatic nitrogens is 4. The number of carboxylic acid groups (broad SMARTS) is 1. The van der Waals surface area contributed by atoms with Gasteiger partial charge in [0.1, 0.15) is 0 Å². The van der Waals surface area contributed by atoms with E-state index in [2.05, 4.69) is 9.98 Å². The minimum absolute atomic E-state index is 0.0318. The van der Waals surface area contributed by atoms with Crippen molar-refractivity contribution in [3.63, 3.8) is 0 Å². The SMILES string of the molecule is CCn1c(=O)[nH]/c(=N\c2ccc(-n3cc(C(=O)O)ccc3=O)cc2)n(Cc2ccc(Cl)cc2)c1=O. The molecule has 4 rings (SSSR count). The topological polar surface area (TPSA) is 131 Å². The summed E-state index contributed by atoms with van der Waals surface area (Å²) in [5.41, 5.74) is 0.152. The maximum Gasteiger partial charge on any atom is 0.337 e. The van der Waals surface area contributed by atoms with E-state index in [1.165, 1.54) is 27.5 Å². The molecular weight excluding hydrogens is 474 g/mol. The smallest absolute Gasteiger partial charge is 0.337 e. The Morgan fingerprint density at radius 2 is 1.66 bits per heavy atom. The van der Waals surface area contributed by atoms with Crippen molar-refractivity contribution in [2.45, 2.75) is 20.0 Å². The molecule has 2 aromatic carbocycles. The number of carboxylic acids is 1. The number of hydrogen-bond acceptors (Lipinski definition) is 5. The predicted octanol–water partition coefficient (Wildman–Crippen LogP) is 2.14. The van der Waals surface area contributed by atoms with Crippen molar-refractivity contribution in [3.8, 4) is 5.69 Å². The third-order valence-corrected chi connectivity index (χ3v) is 5.52. The number of nitrogens with zero attached hydrogens (tertiary/aromatic N) is 4. The molecule has 11 heteroatoms. The molecule has 0 aliphatic heterocycles. The largest absolute Gasteiger partial charge is 0.478 e. The summed E-state index contributed by atoms with van der Waals surface area (Å²) in [6.45, 7) is 2.04. The molecule has 2 aromatic heterocycles. The Morgan fingerprint density at radius 3 is 2.29 bits per heavy atom. The lowest BCUT2D eigenvalue weighted by molar-refractivity contribution is 0.0696.